The van der Waals surface area contributed by atoms with Gasteiger partial charge in [0.2, 0.25) is 5.91 Å². The first-order valence-electron chi connectivity index (χ1n) is 7.07. The molecule has 2 amide bonds. The van der Waals surface area contributed by atoms with Gasteiger partial charge in [0.15, 0.2) is 22.8 Å². The second-order valence-corrected chi connectivity index (χ2v) is 7.42. The second kappa shape index (κ2) is 6.78. The lowest BCUT2D eigenvalue weighted by molar-refractivity contribution is -0.122. The number of para-hydroxylation sites is 1. The van der Waals surface area contributed by atoms with Crippen LogP contribution in [-0.4, -0.2) is 28.7 Å². The van der Waals surface area contributed by atoms with Crippen molar-refractivity contribution in [3.63, 3.8) is 0 Å². The van der Waals surface area contributed by atoms with Crippen molar-refractivity contribution < 1.29 is 18.7 Å². The van der Waals surface area contributed by atoms with Crippen LogP contribution in [0.1, 0.15) is 11.3 Å². The fourth-order valence-electron chi connectivity index (χ4n) is 2.27. The van der Waals surface area contributed by atoms with Crippen molar-refractivity contribution in [3.8, 4) is 5.75 Å². The topological polar surface area (TPSA) is 94.3 Å². The number of nitrogens with zero attached hydrogens (tertiary/aromatic N) is 1. The van der Waals surface area contributed by atoms with Gasteiger partial charge in [-0.05, 0) is 13.0 Å². The summed E-state index contributed by atoms with van der Waals surface area (Å²) in [4.78, 5) is 27.4. The van der Waals surface area contributed by atoms with E-state index in [-0.39, 0.29) is 17.4 Å². The molecule has 126 valence electrons. The third kappa shape index (κ3) is 3.51. The molecule has 9 heteroatoms. The summed E-state index contributed by atoms with van der Waals surface area (Å²) in [5, 5.41) is 3.09. The van der Waals surface area contributed by atoms with E-state index in [1.54, 1.807) is 19.1 Å². The Bertz CT molecular complexity index is 809. The number of carbonyl (C=O) groups is 2. The highest BCUT2D eigenvalue weighted by molar-refractivity contribution is 8.01. The van der Waals surface area contributed by atoms with Crippen LogP contribution in [0.2, 0.25) is 0 Å². The molecule has 3 N–H and O–H groups in total. The highest BCUT2D eigenvalue weighted by Crippen LogP contribution is 2.34. The van der Waals surface area contributed by atoms with E-state index in [2.05, 4.69) is 10.3 Å². The van der Waals surface area contributed by atoms with Crippen molar-refractivity contribution in [2.45, 2.75) is 23.7 Å². The van der Waals surface area contributed by atoms with Crippen molar-refractivity contribution >= 4 is 40.0 Å². The van der Waals surface area contributed by atoms with Crippen LogP contribution in [0.3, 0.4) is 0 Å². The molecule has 1 aliphatic rings. The van der Waals surface area contributed by atoms with Crippen molar-refractivity contribution in [1.82, 2.24) is 4.98 Å². The number of nitrogens with two attached hydrogens (primary N) is 1. The Balaban J connectivity index is 1.65. The third-order valence-corrected chi connectivity index (χ3v) is 5.79. The summed E-state index contributed by atoms with van der Waals surface area (Å²) in [7, 11) is 0. The van der Waals surface area contributed by atoms with Crippen LogP contribution >= 0.6 is 23.1 Å². The van der Waals surface area contributed by atoms with E-state index in [1.807, 2.05) is 0 Å². The monoisotopic (exact) mass is 367 g/mol. The van der Waals surface area contributed by atoms with Gasteiger partial charge in [-0.3, -0.25) is 14.9 Å². The number of ether oxygens (including phenoxy) is 1. The lowest BCUT2D eigenvalue weighted by atomic mass is 10.1. The van der Waals surface area contributed by atoms with Gasteiger partial charge in [-0.1, -0.05) is 23.5 Å². The van der Waals surface area contributed by atoms with E-state index >= 15 is 0 Å². The Morgan fingerprint density at radius 2 is 2.33 bits per heavy atom. The molecule has 2 aromatic rings. The summed E-state index contributed by atoms with van der Waals surface area (Å²) in [6.45, 7) is 1.78. The molecule has 0 spiro atoms. The van der Waals surface area contributed by atoms with Gasteiger partial charge in [0.25, 0.3) is 5.91 Å². The smallest absolute Gasteiger partial charge is 0.267 e. The molecule has 0 aliphatic carbocycles. The lowest BCUT2D eigenvalue weighted by Crippen LogP contribution is -2.31. The molecule has 0 saturated heterocycles. The first-order valence-corrected chi connectivity index (χ1v) is 8.87. The molecule has 0 bridgehead atoms. The number of hydrogen-bond donors (Lipinski definition) is 2. The number of aromatic nitrogens is 1. The van der Waals surface area contributed by atoms with Crippen LogP contribution in [0.5, 0.6) is 5.75 Å². The normalized spacial score (nSPS) is 15.7. The van der Waals surface area contributed by atoms with Crippen molar-refractivity contribution in [3.05, 3.63) is 35.3 Å². The van der Waals surface area contributed by atoms with Gasteiger partial charge in [0.1, 0.15) is 0 Å². The fourth-order valence-corrected chi connectivity index (χ4v) is 4.15. The predicted octanol–water partition coefficient (Wildman–Crippen LogP) is 2.11. The lowest BCUT2D eigenvalue weighted by Gasteiger charge is -2.09. The molecule has 0 fully saturated rings. The number of thiazole rings is 1. The Morgan fingerprint density at radius 3 is 3.04 bits per heavy atom. The molecule has 0 radical (unpaired) electrons. The van der Waals surface area contributed by atoms with E-state index in [0.717, 1.165) is 4.21 Å². The number of carbonyl (C=O) groups excluding carboxylic acids is 2. The van der Waals surface area contributed by atoms with Gasteiger partial charge < -0.3 is 10.5 Å². The van der Waals surface area contributed by atoms with Gasteiger partial charge in [0, 0.05) is 12.0 Å². The Kier molecular flexibility index (Phi) is 4.72. The SMILES string of the molecule is Cc1nc(NC(=O)[C@H]2Cc3cccc(F)c3O2)sc1SCC(N)=O. The first-order chi connectivity index (χ1) is 11.4. The number of amides is 2. The molecule has 1 aromatic heterocycles. The molecule has 24 heavy (non-hydrogen) atoms. The largest absolute Gasteiger partial charge is 0.477 e. The number of benzene rings is 1. The number of primary amides is 1. The van der Waals surface area contributed by atoms with E-state index in [9.17, 15) is 14.0 Å². The van der Waals surface area contributed by atoms with Crippen molar-refractivity contribution in [1.29, 1.82) is 0 Å². The Labute approximate surface area is 145 Å². The van der Waals surface area contributed by atoms with Crippen molar-refractivity contribution in [2.24, 2.45) is 5.73 Å². The summed E-state index contributed by atoms with van der Waals surface area (Å²) in [6.07, 6.45) is -0.477. The second-order valence-electron chi connectivity index (χ2n) is 5.17. The number of thioether (sulfide) groups is 1. The molecule has 6 nitrogen and oxygen atoms in total. The van der Waals surface area contributed by atoms with E-state index in [1.165, 1.54) is 29.2 Å². The average Bonchev–Trinajstić information content (AvgIpc) is 3.10. The number of aryl methyl sites for hydroxylation is 1. The highest BCUT2D eigenvalue weighted by atomic mass is 32.2. The van der Waals surface area contributed by atoms with Crippen LogP contribution in [0.15, 0.2) is 22.4 Å². The number of halogens is 1. The predicted molar refractivity (Wildman–Crippen MR) is 89.9 cm³/mol. The van der Waals surface area contributed by atoms with Gasteiger partial charge in [0.05, 0.1) is 15.7 Å². The number of fused-ring (bicyclic) bond motifs is 1. The summed E-state index contributed by atoms with van der Waals surface area (Å²) in [5.74, 6) is -0.997. The highest BCUT2D eigenvalue weighted by Gasteiger charge is 2.31. The van der Waals surface area contributed by atoms with Gasteiger partial charge >= 0.3 is 0 Å². The van der Waals surface area contributed by atoms with Crippen LogP contribution in [-0.2, 0) is 16.0 Å². The van der Waals surface area contributed by atoms with Crippen molar-refractivity contribution in [2.75, 3.05) is 11.1 Å². The van der Waals surface area contributed by atoms with Gasteiger partial charge in [-0.25, -0.2) is 9.37 Å². The number of nitrogens with one attached hydrogen (secondary N) is 1. The van der Waals surface area contributed by atoms with Gasteiger partial charge in [-0.2, -0.15) is 0 Å². The average molecular weight is 367 g/mol. The molecule has 1 atom stereocenters. The molecule has 3 rings (SSSR count). The van der Waals surface area contributed by atoms with Gasteiger partial charge in [-0.15, -0.1) is 11.8 Å². The van der Waals surface area contributed by atoms with E-state index < -0.39 is 17.8 Å². The molecule has 1 aliphatic heterocycles. The maximum atomic E-state index is 13.7. The fraction of sp³-hybridized carbons (Fsp3) is 0.267. The minimum atomic E-state index is -0.789. The third-order valence-electron chi connectivity index (χ3n) is 3.34. The maximum Gasteiger partial charge on any atom is 0.267 e. The number of hydrogen-bond acceptors (Lipinski definition) is 6. The maximum absolute atomic E-state index is 13.7. The Hall–Kier alpha value is -2.13. The minimum Gasteiger partial charge on any atom is -0.477 e. The molecule has 0 saturated carbocycles. The summed E-state index contributed by atoms with van der Waals surface area (Å²) in [6, 6.07) is 4.62. The zero-order valence-electron chi connectivity index (χ0n) is 12.7. The quantitative estimate of drug-likeness (QED) is 0.790. The molecule has 2 heterocycles. The minimum absolute atomic E-state index is 0.130. The van der Waals surface area contributed by atoms with Crippen LogP contribution in [0, 0.1) is 12.7 Å². The molecular formula is C15H14FN3O3S2. The molecule has 1 aromatic carbocycles. The Morgan fingerprint density at radius 1 is 1.54 bits per heavy atom. The summed E-state index contributed by atoms with van der Waals surface area (Å²) in [5.41, 5.74) is 6.50. The van der Waals surface area contributed by atoms with Crippen LogP contribution in [0.4, 0.5) is 9.52 Å². The zero-order valence-corrected chi connectivity index (χ0v) is 14.3. The first kappa shape index (κ1) is 16.7. The number of anilines is 1. The van der Waals surface area contributed by atoms with E-state index in [4.69, 9.17) is 10.5 Å². The summed E-state index contributed by atoms with van der Waals surface area (Å²) < 4.78 is 19.9. The molecule has 0 unspecified atom stereocenters. The van der Waals surface area contributed by atoms with Crippen LogP contribution < -0.4 is 15.8 Å². The zero-order chi connectivity index (χ0) is 17.3. The van der Waals surface area contributed by atoms with Crippen LogP contribution in [0.25, 0.3) is 0 Å². The summed E-state index contributed by atoms with van der Waals surface area (Å²) >= 11 is 2.53. The molecular weight excluding hydrogens is 353 g/mol. The van der Waals surface area contributed by atoms with E-state index in [0.29, 0.717) is 22.8 Å². The number of rotatable bonds is 5. The standard InChI is InChI=1S/C15H14FN3O3S2/c1-7-14(23-6-11(17)20)24-15(18-7)19-13(21)10-5-8-3-2-4-9(16)12(8)22-10/h2-4,10H,5-6H2,1H3,(H2,17,20)(H,18,19,21)/t10-/m1/s1.